The smallest absolute Gasteiger partial charge is 0.359 e. The lowest BCUT2D eigenvalue weighted by Crippen LogP contribution is -2.25. The number of fused-ring (bicyclic) bond motifs is 1. The van der Waals surface area contributed by atoms with E-state index < -0.39 is 5.97 Å². The Morgan fingerprint density at radius 3 is 2.76 bits per heavy atom. The first-order valence-corrected chi connectivity index (χ1v) is 12.4. The Bertz CT molecular complexity index is 1220. The van der Waals surface area contributed by atoms with Gasteiger partial charge in [-0.05, 0) is 43.9 Å². The van der Waals surface area contributed by atoms with Crippen LogP contribution >= 0.6 is 11.3 Å². The molecule has 1 aliphatic carbocycles. The van der Waals surface area contributed by atoms with Crippen LogP contribution in [0.4, 0.5) is 5.00 Å². The summed E-state index contributed by atoms with van der Waals surface area (Å²) in [5.74, 6) is -0.111. The lowest BCUT2D eigenvalue weighted by molar-refractivity contribution is -0.116. The molecule has 8 heteroatoms. The van der Waals surface area contributed by atoms with E-state index in [4.69, 9.17) is 4.74 Å². The molecular formula is C25H29N3O4S. The number of carbonyl (C=O) groups excluding carboxylic acids is 2. The second kappa shape index (κ2) is 10.3. The molecule has 7 nitrogen and oxygen atoms in total. The molecule has 0 bridgehead atoms. The number of esters is 1. The molecule has 0 unspecified atom stereocenters. The van der Waals surface area contributed by atoms with Gasteiger partial charge in [-0.3, -0.25) is 9.59 Å². The zero-order valence-electron chi connectivity index (χ0n) is 19.1. The fourth-order valence-electron chi connectivity index (χ4n) is 4.43. The molecule has 0 atom stereocenters. The summed E-state index contributed by atoms with van der Waals surface area (Å²) in [6.07, 6.45) is 7.42. The highest BCUT2D eigenvalue weighted by atomic mass is 32.1. The normalized spacial score (nSPS) is 14.4. The molecule has 0 radical (unpaired) electrons. The molecule has 1 N–H and O–H groups in total. The molecule has 1 amide bonds. The molecule has 0 aliphatic heterocycles. The maximum Gasteiger partial charge on any atom is 0.359 e. The highest BCUT2D eigenvalue weighted by molar-refractivity contribution is 7.16. The third-order valence-electron chi connectivity index (χ3n) is 6.12. The average Bonchev–Trinajstić information content (AvgIpc) is 3.23. The number of aromatic nitrogens is 2. The summed E-state index contributed by atoms with van der Waals surface area (Å²) < 4.78 is 6.40. The van der Waals surface area contributed by atoms with Crippen molar-refractivity contribution < 1.29 is 14.3 Å². The van der Waals surface area contributed by atoms with Crippen LogP contribution in [-0.2, 0) is 9.53 Å². The molecule has 4 rings (SSSR count). The van der Waals surface area contributed by atoms with E-state index in [0.29, 0.717) is 28.4 Å². The lowest BCUT2D eigenvalue weighted by Gasteiger charge is -2.20. The molecule has 33 heavy (non-hydrogen) atoms. The van der Waals surface area contributed by atoms with Crippen molar-refractivity contribution >= 4 is 39.0 Å². The number of anilines is 1. The highest BCUT2D eigenvalue weighted by Gasteiger charge is 2.23. The van der Waals surface area contributed by atoms with Gasteiger partial charge in [0.25, 0.3) is 5.56 Å². The first-order chi connectivity index (χ1) is 16.0. The number of nitrogens with one attached hydrogen (secondary N) is 1. The van der Waals surface area contributed by atoms with Gasteiger partial charge in [0.1, 0.15) is 5.00 Å². The van der Waals surface area contributed by atoms with Gasteiger partial charge in [0.15, 0.2) is 5.69 Å². The molecular weight excluding hydrogens is 438 g/mol. The monoisotopic (exact) mass is 467 g/mol. The molecule has 174 valence electrons. The largest absolute Gasteiger partial charge is 0.461 e. The number of aryl methyl sites for hydroxylation is 1. The summed E-state index contributed by atoms with van der Waals surface area (Å²) in [7, 11) is 0. The molecule has 1 saturated carbocycles. The molecule has 0 spiro atoms. The Morgan fingerprint density at radius 1 is 1.24 bits per heavy atom. The van der Waals surface area contributed by atoms with Crippen molar-refractivity contribution in [1.82, 2.24) is 9.78 Å². The van der Waals surface area contributed by atoms with Gasteiger partial charge in [-0.15, -0.1) is 11.3 Å². The van der Waals surface area contributed by atoms with E-state index >= 15 is 0 Å². The molecule has 1 aliphatic rings. The summed E-state index contributed by atoms with van der Waals surface area (Å²) in [5, 5.41) is 10.1. The second-order valence-electron chi connectivity index (χ2n) is 8.57. The fourth-order valence-corrected chi connectivity index (χ4v) is 5.38. The topological polar surface area (TPSA) is 90.3 Å². The second-order valence-corrected chi connectivity index (χ2v) is 9.45. The maximum absolute atomic E-state index is 13.4. The summed E-state index contributed by atoms with van der Waals surface area (Å²) in [6.45, 7) is 3.83. The summed E-state index contributed by atoms with van der Waals surface area (Å²) in [6, 6.07) is 7.33. The van der Waals surface area contributed by atoms with Gasteiger partial charge >= 0.3 is 5.97 Å². The summed E-state index contributed by atoms with van der Waals surface area (Å²) >= 11 is 1.23. The van der Waals surface area contributed by atoms with Gasteiger partial charge in [-0.25, -0.2) is 4.79 Å². The van der Waals surface area contributed by atoms with E-state index in [0.717, 1.165) is 12.0 Å². The number of ether oxygens (including phenoxy) is 1. The number of benzene rings is 1. The quantitative estimate of drug-likeness (QED) is 0.481. The minimum atomic E-state index is -0.600. The minimum Gasteiger partial charge on any atom is -0.461 e. The van der Waals surface area contributed by atoms with Gasteiger partial charge < -0.3 is 10.1 Å². The summed E-state index contributed by atoms with van der Waals surface area (Å²) in [4.78, 5) is 38.8. The lowest BCUT2D eigenvalue weighted by atomic mass is 9.86. The number of hydrogen-bond donors (Lipinski definition) is 1. The van der Waals surface area contributed by atoms with Crippen LogP contribution in [0.1, 0.15) is 67.9 Å². The number of rotatable bonds is 7. The zero-order valence-corrected chi connectivity index (χ0v) is 19.9. The van der Waals surface area contributed by atoms with E-state index in [9.17, 15) is 14.4 Å². The SMILES string of the molecule is CCOC(=O)c1nn(-c2cccc(C)c2)c(=O)c2c(NC(=O)CCC3CCCCC3)scc12. The third kappa shape index (κ3) is 5.16. The first-order valence-electron chi connectivity index (χ1n) is 11.6. The van der Waals surface area contributed by atoms with Gasteiger partial charge in [-0.2, -0.15) is 9.78 Å². The van der Waals surface area contributed by atoms with E-state index in [1.165, 1.54) is 48.1 Å². The van der Waals surface area contributed by atoms with Crippen molar-refractivity contribution in [2.24, 2.45) is 5.92 Å². The van der Waals surface area contributed by atoms with Crippen LogP contribution < -0.4 is 10.9 Å². The fraction of sp³-hybridized carbons (Fsp3) is 0.440. The molecule has 3 aromatic rings. The van der Waals surface area contributed by atoms with E-state index in [-0.39, 0.29) is 29.2 Å². The van der Waals surface area contributed by atoms with Crippen molar-refractivity contribution in [3.63, 3.8) is 0 Å². The van der Waals surface area contributed by atoms with Crippen LogP contribution in [0.25, 0.3) is 16.5 Å². The van der Waals surface area contributed by atoms with Gasteiger partial charge in [0.2, 0.25) is 5.91 Å². The Morgan fingerprint density at radius 2 is 2.03 bits per heavy atom. The number of amides is 1. The molecule has 2 aromatic heterocycles. The van der Waals surface area contributed by atoms with Crippen molar-refractivity contribution in [2.75, 3.05) is 11.9 Å². The highest BCUT2D eigenvalue weighted by Crippen LogP contribution is 2.32. The van der Waals surface area contributed by atoms with E-state index in [1.54, 1.807) is 18.4 Å². The van der Waals surface area contributed by atoms with E-state index in [1.807, 2.05) is 25.1 Å². The third-order valence-corrected chi connectivity index (χ3v) is 7.02. The minimum absolute atomic E-state index is 0.0620. The van der Waals surface area contributed by atoms with Gasteiger partial charge in [0, 0.05) is 17.2 Å². The summed E-state index contributed by atoms with van der Waals surface area (Å²) in [5.41, 5.74) is 1.19. The Kier molecular flexibility index (Phi) is 7.23. The molecule has 0 saturated heterocycles. The molecule has 2 heterocycles. The predicted molar refractivity (Wildman–Crippen MR) is 130 cm³/mol. The van der Waals surface area contributed by atoms with Gasteiger partial charge in [0.05, 0.1) is 17.7 Å². The van der Waals surface area contributed by atoms with E-state index in [2.05, 4.69) is 10.4 Å². The molecule has 1 aromatic carbocycles. The van der Waals surface area contributed by atoms with Crippen LogP contribution in [-0.4, -0.2) is 28.3 Å². The van der Waals surface area contributed by atoms with Gasteiger partial charge in [-0.1, -0.05) is 44.2 Å². The predicted octanol–water partition coefficient (Wildman–Crippen LogP) is 5.23. The standard InChI is InChI=1S/C25H29N3O4S/c1-3-32-25(31)22-19-15-33-23(26-20(29)13-12-17-9-5-4-6-10-17)21(19)24(30)28(27-22)18-11-7-8-16(2)14-18/h7-8,11,14-15,17H,3-6,9-10,12-13H2,1-2H3,(H,26,29). The number of nitrogens with zero attached hydrogens (tertiary/aromatic N) is 2. The number of carbonyl (C=O) groups is 2. The van der Waals surface area contributed by atoms with Crippen LogP contribution in [0.3, 0.4) is 0 Å². The Balaban J connectivity index is 1.69. The van der Waals surface area contributed by atoms with Crippen molar-refractivity contribution in [3.8, 4) is 5.69 Å². The van der Waals surface area contributed by atoms with Crippen molar-refractivity contribution in [1.29, 1.82) is 0 Å². The number of thiophene rings is 1. The van der Waals surface area contributed by atoms with Crippen molar-refractivity contribution in [2.45, 2.75) is 58.8 Å². The Labute approximate surface area is 196 Å². The molecule has 1 fully saturated rings. The maximum atomic E-state index is 13.4. The van der Waals surface area contributed by atoms with Crippen LogP contribution in [0.15, 0.2) is 34.4 Å². The number of hydrogen-bond acceptors (Lipinski definition) is 6. The Hall–Kier alpha value is -3.00. The van der Waals surface area contributed by atoms with Crippen LogP contribution in [0.5, 0.6) is 0 Å². The zero-order chi connectivity index (χ0) is 23.4. The van der Waals surface area contributed by atoms with Crippen LogP contribution in [0, 0.1) is 12.8 Å². The average molecular weight is 468 g/mol. The van der Waals surface area contributed by atoms with Crippen molar-refractivity contribution in [3.05, 3.63) is 51.3 Å². The first kappa shape index (κ1) is 23.2. The van der Waals surface area contributed by atoms with Crippen LogP contribution in [0.2, 0.25) is 0 Å².